The zero-order valence-corrected chi connectivity index (χ0v) is 15.6. The number of phenolic OH excluding ortho intramolecular Hbond substituents is 1. The van der Waals surface area contributed by atoms with E-state index in [1.165, 1.54) is 12.1 Å². The van der Waals surface area contributed by atoms with Crippen molar-refractivity contribution in [2.45, 2.75) is 29.4 Å². The number of halogens is 3. The predicted molar refractivity (Wildman–Crippen MR) is 94.3 cm³/mol. The van der Waals surface area contributed by atoms with Gasteiger partial charge < -0.3 is 15.7 Å². The van der Waals surface area contributed by atoms with E-state index < -0.39 is 20.3 Å². The summed E-state index contributed by atoms with van der Waals surface area (Å²) < 4.78 is 24.8. The molecule has 1 aromatic rings. The van der Waals surface area contributed by atoms with Gasteiger partial charge in [0.05, 0.1) is 15.5 Å². The van der Waals surface area contributed by atoms with Crippen LogP contribution in [0.2, 0.25) is 5.02 Å². The molecule has 1 aromatic carbocycles. The van der Waals surface area contributed by atoms with Gasteiger partial charge in [-0.05, 0) is 52.0 Å². The zero-order chi connectivity index (χ0) is 15.1. The number of hydrogen-bond donors (Lipinski definition) is 2. The third-order valence-electron chi connectivity index (χ3n) is 4.08. The second-order valence-corrected chi connectivity index (χ2v) is 8.38. The molecule has 1 aliphatic heterocycles. The van der Waals surface area contributed by atoms with Gasteiger partial charge in [0, 0.05) is 0 Å². The quantitative estimate of drug-likeness (QED) is 0.598. The van der Waals surface area contributed by atoms with Crippen LogP contribution < -0.4 is 5.73 Å². The first-order chi connectivity index (χ1) is 9.19. The van der Waals surface area contributed by atoms with Crippen LogP contribution >= 0.6 is 36.4 Å². The predicted octanol–water partition coefficient (Wildman–Crippen LogP) is 2.73. The largest absolute Gasteiger partial charge is 0.504 e. The molecule has 1 fully saturated rings. The molecule has 0 atom stereocenters. The molecular formula is C13H21Cl3N2O3S. The fraction of sp³-hybridized carbons (Fsp3) is 0.538. The van der Waals surface area contributed by atoms with Crippen LogP contribution in [-0.4, -0.2) is 43.3 Å². The molecule has 1 heterocycles. The van der Waals surface area contributed by atoms with Gasteiger partial charge in [0.2, 0.25) is 0 Å². The van der Waals surface area contributed by atoms with Crippen molar-refractivity contribution in [3.05, 3.63) is 17.2 Å². The van der Waals surface area contributed by atoms with Gasteiger partial charge in [0.1, 0.15) is 4.90 Å². The van der Waals surface area contributed by atoms with Crippen LogP contribution in [0, 0.1) is 0 Å². The van der Waals surface area contributed by atoms with Crippen LogP contribution in [0.1, 0.15) is 19.8 Å². The molecule has 2 rings (SSSR count). The Labute approximate surface area is 148 Å². The van der Waals surface area contributed by atoms with Crippen molar-refractivity contribution in [3.8, 4) is 5.75 Å². The van der Waals surface area contributed by atoms with Gasteiger partial charge in [0.25, 0.3) is 0 Å². The van der Waals surface area contributed by atoms with Gasteiger partial charge in [-0.15, -0.1) is 24.8 Å². The average Bonchev–Trinajstić information content (AvgIpc) is 2.38. The van der Waals surface area contributed by atoms with Crippen LogP contribution in [0.4, 0.5) is 5.69 Å². The van der Waals surface area contributed by atoms with Crippen LogP contribution in [0.25, 0.3) is 0 Å². The number of piperidine rings is 1. The van der Waals surface area contributed by atoms with Crippen molar-refractivity contribution in [1.82, 2.24) is 4.90 Å². The molecule has 3 N–H and O–H groups in total. The lowest BCUT2D eigenvalue weighted by Crippen LogP contribution is -2.46. The molecule has 0 bridgehead atoms. The molecular weight excluding hydrogens is 371 g/mol. The Morgan fingerprint density at radius 3 is 2.27 bits per heavy atom. The van der Waals surface area contributed by atoms with Crippen molar-refractivity contribution in [2.75, 3.05) is 25.9 Å². The Morgan fingerprint density at radius 2 is 1.77 bits per heavy atom. The maximum absolute atomic E-state index is 12.9. The molecule has 0 radical (unpaired) electrons. The smallest absolute Gasteiger partial charge is 0.189 e. The van der Waals surface area contributed by atoms with Crippen LogP contribution in [0.15, 0.2) is 17.0 Å². The van der Waals surface area contributed by atoms with Gasteiger partial charge in [-0.2, -0.15) is 0 Å². The summed E-state index contributed by atoms with van der Waals surface area (Å²) in [6, 6.07) is 2.80. The van der Waals surface area contributed by atoms with Crippen molar-refractivity contribution in [2.24, 2.45) is 0 Å². The minimum Gasteiger partial charge on any atom is -0.504 e. The molecule has 1 saturated heterocycles. The summed E-state index contributed by atoms with van der Waals surface area (Å²) in [5.41, 5.74) is 5.62. The normalized spacial score (nSPS) is 18.1. The molecule has 1 aliphatic rings. The summed E-state index contributed by atoms with van der Waals surface area (Å²) in [5, 5.41) is 10.0. The number of rotatable bonds is 2. The number of hydrogen-bond acceptors (Lipinski definition) is 5. The van der Waals surface area contributed by atoms with Gasteiger partial charge in [0.15, 0.2) is 15.6 Å². The molecule has 0 amide bonds. The van der Waals surface area contributed by atoms with E-state index in [0.29, 0.717) is 25.9 Å². The zero-order valence-electron chi connectivity index (χ0n) is 12.4. The SMILES string of the molecule is CN1CCC(C)(S(=O)(=O)c2c(Cl)ccc(N)c2O)CC1.Cl.Cl. The van der Waals surface area contributed by atoms with E-state index in [4.69, 9.17) is 17.3 Å². The standard InChI is InChI=1S/C13H19ClN2O3S.2ClH/c1-13(5-7-16(2)8-6-13)20(18,19)12-9(14)3-4-10(15)11(12)17;;/h3-4,17H,5-8,15H2,1-2H3;2*1H. The van der Waals surface area contributed by atoms with Crippen molar-refractivity contribution in [3.63, 3.8) is 0 Å². The fourth-order valence-electron chi connectivity index (χ4n) is 2.42. The Kier molecular flexibility index (Phi) is 7.31. The third-order valence-corrected chi connectivity index (χ3v) is 7.16. The Hall–Kier alpha value is -0.400. The van der Waals surface area contributed by atoms with E-state index in [-0.39, 0.29) is 40.4 Å². The molecule has 0 aromatic heterocycles. The molecule has 0 unspecified atom stereocenters. The summed E-state index contributed by atoms with van der Waals surface area (Å²) in [5.74, 6) is -0.447. The lowest BCUT2D eigenvalue weighted by atomic mass is 9.98. The van der Waals surface area contributed by atoms with Crippen molar-refractivity contribution >= 4 is 51.9 Å². The summed E-state index contributed by atoms with van der Waals surface area (Å²) in [7, 11) is -1.80. The summed E-state index contributed by atoms with van der Waals surface area (Å²) >= 11 is 5.99. The number of benzene rings is 1. The first-order valence-corrected chi connectivity index (χ1v) is 8.25. The molecule has 5 nitrogen and oxygen atoms in total. The minimum atomic E-state index is -3.76. The van der Waals surface area contributed by atoms with Gasteiger partial charge >= 0.3 is 0 Å². The monoisotopic (exact) mass is 390 g/mol. The summed E-state index contributed by atoms with van der Waals surface area (Å²) in [6.45, 7) is 3.08. The topological polar surface area (TPSA) is 83.6 Å². The highest BCUT2D eigenvalue weighted by molar-refractivity contribution is 7.93. The number of sulfone groups is 1. The third kappa shape index (κ3) is 3.57. The molecule has 0 saturated carbocycles. The average molecular weight is 392 g/mol. The first kappa shape index (κ1) is 21.6. The Morgan fingerprint density at radius 1 is 1.27 bits per heavy atom. The molecule has 128 valence electrons. The Bertz CT molecular complexity index is 630. The highest BCUT2D eigenvalue weighted by Crippen LogP contribution is 2.43. The van der Waals surface area contributed by atoms with E-state index in [1.807, 2.05) is 7.05 Å². The maximum atomic E-state index is 12.9. The van der Waals surface area contributed by atoms with Crippen LogP contribution in [0.3, 0.4) is 0 Å². The number of likely N-dealkylation sites (tertiary alicyclic amines) is 1. The summed E-state index contributed by atoms with van der Waals surface area (Å²) in [6.07, 6.45) is 0.993. The molecule has 0 aliphatic carbocycles. The number of nitrogens with two attached hydrogens (primary N) is 1. The van der Waals surface area contributed by atoms with Crippen molar-refractivity contribution in [1.29, 1.82) is 0 Å². The van der Waals surface area contributed by atoms with E-state index in [9.17, 15) is 13.5 Å². The molecule has 0 spiro atoms. The lowest BCUT2D eigenvalue weighted by Gasteiger charge is -2.37. The second-order valence-electron chi connectivity index (χ2n) is 5.57. The highest BCUT2D eigenvalue weighted by atomic mass is 35.5. The minimum absolute atomic E-state index is 0. The number of nitrogens with zero attached hydrogens (tertiary/aromatic N) is 1. The number of phenols is 1. The van der Waals surface area contributed by atoms with Gasteiger partial charge in [-0.1, -0.05) is 11.6 Å². The number of nitrogen functional groups attached to an aromatic ring is 1. The summed E-state index contributed by atoms with van der Waals surface area (Å²) in [4.78, 5) is 1.84. The Balaban J connectivity index is 0.00000220. The number of aromatic hydroxyl groups is 1. The van der Waals surface area contributed by atoms with Gasteiger partial charge in [-0.3, -0.25) is 0 Å². The second kappa shape index (κ2) is 7.45. The van der Waals surface area contributed by atoms with E-state index in [2.05, 4.69) is 4.90 Å². The van der Waals surface area contributed by atoms with Crippen LogP contribution in [-0.2, 0) is 9.84 Å². The van der Waals surface area contributed by atoms with E-state index >= 15 is 0 Å². The highest BCUT2D eigenvalue weighted by Gasteiger charge is 2.44. The number of anilines is 1. The lowest BCUT2D eigenvalue weighted by molar-refractivity contribution is 0.240. The first-order valence-electron chi connectivity index (χ1n) is 6.39. The van der Waals surface area contributed by atoms with Gasteiger partial charge in [-0.25, -0.2) is 8.42 Å². The van der Waals surface area contributed by atoms with Crippen LogP contribution in [0.5, 0.6) is 5.75 Å². The van der Waals surface area contributed by atoms with Crippen molar-refractivity contribution < 1.29 is 13.5 Å². The fourth-order valence-corrected chi connectivity index (χ4v) is 4.79. The molecule has 9 heteroatoms. The van der Waals surface area contributed by atoms with E-state index in [1.54, 1.807) is 6.92 Å². The van der Waals surface area contributed by atoms with E-state index in [0.717, 1.165) is 0 Å². The maximum Gasteiger partial charge on any atom is 0.189 e. The molecule has 22 heavy (non-hydrogen) atoms.